The molecule has 26 heavy (non-hydrogen) atoms. The Morgan fingerprint density at radius 2 is 2.04 bits per heavy atom. The Kier molecular flexibility index (Phi) is 5.70. The minimum atomic E-state index is -1.08. The lowest BCUT2D eigenvalue weighted by atomic mass is 10.0. The van der Waals surface area contributed by atoms with Gasteiger partial charge in [0.1, 0.15) is 5.82 Å². The Labute approximate surface area is 161 Å². The summed E-state index contributed by atoms with van der Waals surface area (Å²) in [6.45, 7) is 1.26. The third-order valence-corrected chi connectivity index (χ3v) is 5.31. The number of rotatable bonds is 4. The summed E-state index contributed by atoms with van der Waals surface area (Å²) in [4.78, 5) is 15.4. The number of carboxylic acid groups (broad SMARTS) is 1. The van der Waals surface area contributed by atoms with E-state index in [1.54, 1.807) is 18.2 Å². The van der Waals surface area contributed by atoms with Gasteiger partial charge in [-0.25, -0.2) is 9.18 Å². The average Bonchev–Trinajstić information content (AvgIpc) is 2.98. The van der Waals surface area contributed by atoms with Crippen molar-refractivity contribution >= 4 is 35.0 Å². The van der Waals surface area contributed by atoms with Gasteiger partial charge in [0.15, 0.2) is 0 Å². The van der Waals surface area contributed by atoms with E-state index in [-0.39, 0.29) is 6.04 Å². The Morgan fingerprint density at radius 1 is 1.27 bits per heavy atom. The minimum Gasteiger partial charge on any atom is -0.465 e. The van der Waals surface area contributed by atoms with E-state index in [9.17, 15) is 14.3 Å². The highest BCUT2D eigenvalue weighted by Crippen LogP contribution is 2.37. The van der Waals surface area contributed by atoms with E-state index in [0.29, 0.717) is 33.4 Å². The summed E-state index contributed by atoms with van der Waals surface area (Å²) in [5, 5.41) is 10.6. The molecular weight excluding hydrogens is 378 g/mol. The predicted octanol–water partition coefficient (Wildman–Crippen LogP) is 5.38. The van der Waals surface area contributed by atoms with Gasteiger partial charge in [-0.3, -0.25) is 4.90 Å². The molecule has 0 bridgehead atoms. The van der Waals surface area contributed by atoms with Crippen molar-refractivity contribution in [1.82, 2.24) is 4.90 Å². The van der Waals surface area contributed by atoms with Gasteiger partial charge in [-0.2, -0.15) is 0 Å². The van der Waals surface area contributed by atoms with Crippen LogP contribution in [0.4, 0.5) is 14.9 Å². The fourth-order valence-electron chi connectivity index (χ4n) is 3.37. The number of likely N-dealkylation sites (tertiary alicyclic amines) is 1. The molecule has 7 heteroatoms. The molecule has 1 heterocycles. The normalized spacial score (nSPS) is 17.5. The first-order valence-corrected chi connectivity index (χ1v) is 9.08. The maximum atomic E-state index is 13.9. The van der Waals surface area contributed by atoms with Crippen LogP contribution < -0.4 is 4.90 Å². The van der Waals surface area contributed by atoms with Crippen LogP contribution in [0.3, 0.4) is 0 Å². The topological polar surface area (TPSA) is 43.8 Å². The molecule has 1 saturated heterocycles. The molecule has 4 nitrogen and oxygen atoms in total. The molecule has 3 rings (SSSR count). The highest BCUT2D eigenvalue weighted by Gasteiger charge is 2.28. The maximum Gasteiger partial charge on any atom is 0.411 e. The zero-order chi connectivity index (χ0) is 18.8. The number of halogens is 3. The largest absolute Gasteiger partial charge is 0.465 e. The molecule has 138 valence electrons. The first-order chi connectivity index (χ1) is 12.4. The van der Waals surface area contributed by atoms with E-state index in [4.69, 9.17) is 23.2 Å². The van der Waals surface area contributed by atoms with Gasteiger partial charge in [0.25, 0.3) is 0 Å². The molecule has 0 aromatic heterocycles. The number of amides is 1. The van der Waals surface area contributed by atoms with Gasteiger partial charge in [-0.1, -0.05) is 29.3 Å². The number of likely N-dealkylation sites (N-methyl/N-ethyl adjacent to an activating group) is 1. The van der Waals surface area contributed by atoms with E-state index in [1.165, 1.54) is 23.1 Å². The Hall–Kier alpha value is -1.82. The monoisotopic (exact) mass is 396 g/mol. The molecule has 1 aliphatic heterocycles. The fourth-order valence-corrected chi connectivity index (χ4v) is 3.88. The third kappa shape index (κ3) is 3.95. The van der Waals surface area contributed by atoms with Gasteiger partial charge in [-0.05, 0) is 56.8 Å². The van der Waals surface area contributed by atoms with E-state index < -0.39 is 11.9 Å². The number of benzene rings is 2. The molecular formula is C19H19Cl2FN2O2. The highest BCUT2D eigenvalue weighted by molar-refractivity contribution is 6.36. The molecule has 1 N–H and O–H groups in total. The Bertz CT molecular complexity index is 831. The van der Waals surface area contributed by atoms with Crippen molar-refractivity contribution in [2.75, 3.05) is 25.0 Å². The summed E-state index contributed by atoms with van der Waals surface area (Å²) in [7, 11) is 1.99. The van der Waals surface area contributed by atoms with E-state index >= 15 is 0 Å². The number of nitrogens with zero attached hydrogens (tertiary/aromatic N) is 2. The van der Waals surface area contributed by atoms with Crippen LogP contribution in [0.25, 0.3) is 11.1 Å². The molecule has 0 radical (unpaired) electrons. The summed E-state index contributed by atoms with van der Waals surface area (Å²) in [6, 6.07) is 9.06. The minimum absolute atomic E-state index is 0.129. The van der Waals surface area contributed by atoms with Crippen LogP contribution >= 0.6 is 23.2 Å². The summed E-state index contributed by atoms with van der Waals surface area (Å²) < 4.78 is 13.9. The summed E-state index contributed by atoms with van der Waals surface area (Å²) in [6.07, 6.45) is 0.884. The van der Waals surface area contributed by atoms with Crippen molar-refractivity contribution < 1.29 is 14.3 Å². The number of hydrogen-bond acceptors (Lipinski definition) is 2. The van der Waals surface area contributed by atoms with Gasteiger partial charge in [0.05, 0.1) is 5.69 Å². The fraction of sp³-hybridized carbons (Fsp3) is 0.316. The lowest BCUT2D eigenvalue weighted by Gasteiger charge is -2.28. The van der Waals surface area contributed by atoms with Gasteiger partial charge in [-0.15, -0.1) is 0 Å². The SMILES string of the molecule is CN1CCC[C@H]1CN(C(=O)O)c1ccc(F)cc1-c1ccc(Cl)cc1Cl. The van der Waals surface area contributed by atoms with E-state index in [2.05, 4.69) is 4.90 Å². The Balaban J connectivity index is 2.06. The first kappa shape index (κ1) is 19.0. The maximum absolute atomic E-state index is 13.9. The van der Waals surface area contributed by atoms with Crippen LogP contribution in [0.2, 0.25) is 10.0 Å². The summed E-state index contributed by atoms with van der Waals surface area (Å²) in [5.41, 5.74) is 1.37. The quantitative estimate of drug-likeness (QED) is 0.754. The van der Waals surface area contributed by atoms with Crippen molar-refractivity contribution in [3.63, 3.8) is 0 Å². The highest BCUT2D eigenvalue weighted by atomic mass is 35.5. The van der Waals surface area contributed by atoms with Crippen LogP contribution in [0.5, 0.6) is 0 Å². The second-order valence-electron chi connectivity index (χ2n) is 6.46. The first-order valence-electron chi connectivity index (χ1n) is 8.32. The second kappa shape index (κ2) is 7.82. The van der Waals surface area contributed by atoms with Crippen LogP contribution in [-0.4, -0.2) is 42.3 Å². The molecule has 2 aromatic carbocycles. The molecule has 0 aliphatic carbocycles. The van der Waals surface area contributed by atoms with Crippen molar-refractivity contribution in [2.24, 2.45) is 0 Å². The molecule has 0 saturated carbocycles. The molecule has 0 spiro atoms. The molecule has 2 aromatic rings. The van der Waals surface area contributed by atoms with Crippen molar-refractivity contribution in [3.8, 4) is 11.1 Å². The van der Waals surface area contributed by atoms with Crippen LogP contribution in [0.1, 0.15) is 12.8 Å². The van der Waals surface area contributed by atoms with Gasteiger partial charge >= 0.3 is 6.09 Å². The smallest absolute Gasteiger partial charge is 0.411 e. The van der Waals surface area contributed by atoms with Crippen molar-refractivity contribution in [2.45, 2.75) is 18.9 Å². The summed E-state index contributed by atoms with van der Waals surface area (Å²) in [5.74, 6) is -0.460. The van der Waals surface area contributed by atoms with Crippen LogP contribution in [-0.2, 0) is 0 Å². The average molecular weight is 397 g/mol. The summed E-state index contributed by atoms with van der Waals surface area (Å²) >= 11 is 12.2. The predicted molar refractivity (Wildman–Crippen MR) is 103 cm³/mol. The molecule has 1 aliphatic rings. The van der Waals surface area contributed by atoms with Crippen molar-refractivity contribution in [3.05, 3.63) is 52.3 Å². The zero-order valence-corrected chi connectivity index (χ0v) is 15.8. The van der Waals surface area contributed by atoms with Gasteiger partial charge in [0.2, 0.25) is 0 Å². The third-order valence-electron chi connectivity index (χ3n) is 4.77. The number of carbonyl (C=O) groups is 1. The van der Waals surface area contributed by atoms with Crippen LogP contribution in [0.15, 0.2) is 36.4 Å². The lowest BCUT2D eigenvalue weighted by molar-refractivity contribution is 0.198. The Morgan fingerprint density at radius 3 is 2.65 bits per heavy atom. The molecule has 1 amide bonds. The van der Waals surface area contributed by atoms with Gasteiger partial charge in [0, 0.05) is 33.8 Å². The standard InChI is InChI=1S/C19H19Cl2FN2O2/c1-23-8-2-3-14(23)11-24(19(25)26)18-7-5-13(22)10-16(18)15-6-4-12(20)9-17(15)21/h4-7,9-10,14H,2-3,8,11H2,1H3,(H,25,26)/t14-/m0/s1. The number of hydrogen-bond donors (Lipinski definition) is 1. The molecule has 0 unspecified atom stereocenters. The van der Waals surface area contributed by atoms with Crippen LogP contribution in [0, 0.1) is 5.82 Å². The van der Waals surface area contributed by atoms with E-state index in [1.807, 2.05) is 7.05 Å². The second-order valence-corrected chi connectivity index (χ2v) is 7.30. The lowest BCUT2D eigenvalue weighted by Crippen LogP contribution is -2.41. The molecule has 1 atom stereocenters. The number of anilines is 1. The zero-order valence-electron chi connectivity index (χ0n) is 14.3. The molecule has 1 fully saturated rings. The van der Waals surface area contributed by atoms with E-state index in [0.717, 1.165) is 19.4 Å². The van der Waals surface area contributed by atoms with Gasteiger partial charge < -0.3 is 10.0 Å². The van der Waals surface area contributed by atoms with Crippen molar-refractivity contribution in [1.29, 1.82) is 0 Å².